The second-order valence-electron chi connectivity index (χ2n) is 9.82. The lowest BCUT2D eigenvalue weighted by Crippen LogP contribution is -2.36. The van der Waals surface area contributed by atoms with Crippen molar-refractivity contribution in [3.8, 4) is 34.3 Å². The summed E-state index contributed by atoms with van der Waals surface area (Å²) in [6, 6.07) is 15.3. The number of methoxy groups -OCH3 is 1. The number of benzene rings is 2. The molecule has 3 aromatic heterocycles. The third-order valence-electron chi connectivity index (χ3n) is 7.28. The predicted octanol–water partition coefficient (Wildman–Crippen LogP) is 6.41. The van der Waals surface area contributed by atoms with Gasteiger partial charge in [-0.15, -0.1) is 0 Å². The van der Waals surface area contributed by atoms with Gasteiger partial charge in [0, 0.05) is 60.0 Å². The summed E-state index contributed by atoms with van der Waals surface area (Å²) in [5.41, 5.74) is 5.36. The maximum absolute atomic E-state index is 15.5. The van der Waals surface area contributed by atoms with E-state index in [9.17, 15) is 9.65 Å². The molecule has 1 N–H and O–H groups in total. The molecule has 4 heterocycles. The van der Waals surface area contributed by atoms with Crippen LogP contribution < -0.4 is 15.0 Å². The minimum Gasteiger partial charge on any atom is -0.495 e. The number of morpholine rings is 1. The molecule has 42 heavy (non-hydrogen) atoms. The average molecular weight is 565 g/mol. The van der Waals surface area contributed by atoms with Crippen molar-refractivity contribution in [1.29, 1.82) is 5.26 Å². The molecule has 2 aromatic carbocycles. The standard InChI is InChI=1S/C32H26F2N6O2/c1-19-31(26-5-3-4-6-37-26)39-28-14-22(33)13-25(34)30(28)32(19)38-27-15-29(40-7-9-42-10-8-40)20(16-35)12-24(27)21-11-23(41-2)18-36-17-21/h3-6,11-15,17-18H,7-10H2,1-2H3,(H,38,39). The van der Waals surface area contributed by atoms with E-state index < -0.39 is 11.6 Å². The molecule has 1 fully saturated rings. The van der Waals surface area contributed by atoms with Gasteiger partial charge in [-0.2, -0.15) is 5.26 Å². The van der Waals surface area contributed by atoms with Crippen molar-refractivity contribution in [2.24, 2.45) is 0 Å². The first kappa shape index (κ1) is 27.1. The van der Waals surface area contributed by atoms with Gasteiger partial charge in [0.05, 0.1) is 65.7 Å². The molecule has 1 aliphatic rings. The van der Waals surface area contributed by atoms with Gasteiger partial charge in [-0.25, -0.2) is 13.8 Å². The normalized spacial score (nSPS) is 13.2. The van der Waals surface area contributed by atoms with Crippen LogP contribution in [-0.4, -0.2) is 48.4 Å². The van der Waals surface area contributed by atoms with E-state index in [4.69, 9.17) is 9.47 Å². The smallest absolute Gasteiger partial charge is 0.137 e. The first-order valence-electron chi connectivity index (χ1n) is 13.3. The van der Waals surface area contributed by atoms with Gasteiger partial charge in [0.1, 0.15) is 23.5 Å². The highest BCUT2D eigenvalue weighted by Crippen LogP contribution is 2.41. The summed E-state index contributed by atoms with van der Waals surface area (Å²) in [4.78, 5) is 15.5. The number of anilines is 3. The Morgan fingerprint density at radius 1 is 1.07 bits per heavy atom. The summed E-state index contributed by atoms with van der Waals surface area (Å²) in [7, 11) is 1.55. The highest BCUT2D eigenvalue weighted by atomic mass is 19.1. The van der Waals surface area contributed by atoms with E-state index in [2.05, 4.69) is 31.2 Å². The maximum atomic E-state index is 15.5. The van der Waals surface area contributed by atoms with Crippen LogP contribution in [0.3, 0.4) is 0 Å². The highest BCUT2D eigenvalue weighted by Gasteiger charge is 2.23. The Balaban J connectivity index is 1.61. The van der Waals surface area contributed by atoms with Crippen molar-refractivity contribution in [2.75, 3.05) is 43.6 Å². The number of hydrogen-bond acceptors (Lipinski definition) is 8. The Kier molecular flexibility index (Phi) is 7.33. The molecule has 0 atom stereocenters. The minimum absolute atomic E-state index is 0.139. The summed E-state index contributed by atoms with van der Waals surface area (Å²) in [5, 5.41) is 13.7. The van der Waals surface area contributed by atoms with Crippen LogP contribution in [0.5, 0.6) is 5.75 Å². The molecule has 0 amide bonds. The maximum Gasteiger partial charge on any atom is 0.137 e. The van der Waals surface area contributed by atoms with Gasteiger partial charge in [-0.1, -0.05) is 6.07 Å². The number of hydrogen-bond donors (Lipinski definition) is 1. The molecular weight excluding hydrogens is 538 g/mol. The van der Waals surface area contributed by atoms with Crippen molar-refractivity contribution in [2.45, 2.75) is 6.92 Å². The van der Waals surface area contributed by atoms with Crippen molar-refractivity contribution in [3.63, 3.8) is 0 Å². The molecule has 6 rings (SSSR count). The molecule has 0 radical (unpaired) electrons. The second kappa shape index (κ2) is 11.4. The molecule has 0 aliphatic carbocycles. The van der Waals surface area contributed by atoms with E-state index in [1.165, 1.54) is 6.07 Å². The van der Waals surface area contributed by atoms with Gasteiger partial charge < -0.3 is 19.7 Å². The van der Waals surface area contributed by atoms with Crippen LogP contribution in [0, 0.1) is 29.9 Å². The minimum atomic E-state index is -0.748. The van der Waals surface area contributed by atoms with Gasteiger partial charge in [0.2, 0.25) is 0 Å². The molecule has 0 bridgehead atoms. The lowest BCUT2D eigenvalue weighted by atomic mass is 9.98. The number of ether oxygens (including phenoxy) is 2. The average Bonchev–Trinajstić information content (AvgIpc) is 3.02. The molecule has 0 spiro atoms. The van der Waals surface area contributed by atoms with E-state index in [0.29, 0.717) is 77.1 Å². The van der Waals surface area contributed by atoms with Crippen LogP contribution in [0.4, 0.5) is 25.8 Å². The zero-order chi connectivity index (χ0) is 29.2. The molecule has 1 aliphatic heterocycles. The Morgan fingerprint density at radius 3 is 2.64 bits per heavy atom. The lowest BCUT2D eigenvalue weighted by molar-refractivity contribution is 0.122. The van der Waals surface area contributed by atoms with Crippen molar-refractivity contribution in [3.05, 3.63) is 89.9 Å². The van der Waals surface area contributed by atoms with Crippen LogP contribution in [0.15, 0.2) is 67.1 Å². The molecule has 1 saturated heterocycles. The van der Waals surface area contributed by atoms with E-state index in [1.54, 1.807) is 43.9 Å². The largest absolute Gasteiger partial charge is 0.495 e. The van der Waals surface area contributed by atoms with Crippen LogP contribution in [0.25, 0.3) is 33.4 Å². The molecule has 5 aromatic rings. The van der Waals surface area contributed by atoms with Gasteiger partial charge in [0.25, 0.3) is 0 Å². The first-order chi connectivity index (χ1) is 20.5. The Bertz CT molecular complexity index is 1840. The Hall–Kier alpha value is -5.14. The number of halogens is 2. The summed E-state index contributed by atoms with van der Waals surface area (Å²) in [6.45, 7) is 4.12. The number of nitrogens with zero attached hydrogens (tertiary/aromatic N) is 5. The van der Waals surface area contributed by atoms with E-state index >= 15 is 4.39 Å². The molecule has 210 valence electrons. The summed E-state index contributed by atoms with van der Waals surface area (Å²) >= 11 is 0. The van der Waals surface area contributed by atoms with Crippen LogP contribution in [0.1, 0.15) is 11.1 Å². The molecule has 0 unspecified atom stereocenters. The molecular formula is C32H26F2N6O2. The Morgan fingerprint density at radius 2 is 1.90 bits per heavy atom. The van der Waals surface area contributed by atoms with Crippen molar-refractivity contribution in [1.82, 2.24) is 15.0 Å². The lowest BCUT2D eigenvalue weighted by Gasteiger charge is -2.30. The summed E-state index contributed by atoms with van der Waals surface area (Å²) in [6.07, 6.45) is 4.90. The fourth-order valence-electron chi connectivity index (χ4n) is 5.21. The zero-order valence-electron chi connectivity index (χ0n) is 23.0. The zero-order valence-corrected chi connectivity index (χ0v) is 23.0. The van der Waals surface area contributed by atoms with Gasteiger partial charge >= 0.3 is 0 Å². The quantitative estimate of drug-likeness (QED) is 0.253. The summed E-state index contributed by atoms with van der Waals surface area (Å²) < 4.78 is 40.9. The van der Waals surface area contributed by atoms with E-state index in [0.717, 1.165) is 11.8 Å². The fourth-order valence-corrected chi connectivity index (χ4v) is 5.21. The van der Waals surface area contributed by atoms with Gasteiger partial charge in [-0.05, 0) is 37.3 Å². The van der Waals surface area contributed by atoms with Crippen molar-refractivity contribution < 1.29 is 18.3 Å². The SMILES string of the molecule is COc1cncc(-c2cc(C#N)c(N3CCOCC3)cc2Nc2c(C)c(-c3ccccn3)nc3cc(F)cc(F)c23)c1. The number of nitrogens with one attached hydrogen (secondary N) is 1. The van der Waals surface area contributed by atoms with E-state index in [1.807, 2.05) is 25.1 Å². The number of pyridine rings is 3. The molecule has 10 heteroatoms. The number of rotatable bonds is 6. The molecule has 0 saturated carbocycles. The van der Waals surface area contributed by atoms with E-state index in [-0.39, 0.29) is 10.9 Å². The van der Waals surface area contributed by atoms with Crippen LogP contribution >= 0.6 is 0 Å². The third-order valence-corrected chi connectivity index (χ3v) is 7.28. The monoisotopic (exact) mass is 564 g/mol. The fraction of sp³-hybridized carbons (Fsp3) is 0.188. The van der Waals surface area contributed by atoms with Gasteiger partial charge in [0.15, 0.2) is 0 Å². The Labute approximate surface area is 241 Å². The third kappa shape index (κ3) is 5.06. The van der Waals surface area contributed by atoms with Crippen molar-refractivity contribution >= 4 is 28.0 Å². The highest BCUT2D eigenvalue weighted by molar-refractivity contribution is 6.00. The van der Waals surface area contributed by atoms with Gasteiger partial charge in [-0.3, -0.25) is 9.97 Å². The number of aromatic nitrogens is 3. The second-order valence-corrected chi connectivity index (χ2v) is 9.82. The first-order valence-corrected chi connectivity index (χ1v) is 13.3. The topological polar surface area (TPSA) is 96.2 Å². The summed E-state index contributed by atoms with van der Waals surface area (Å²) in [5.74, 6) is -0.938. The van der Waals surface area contributed by atoms with Crippen LogP contribution in [0.2, 0.25) is 0 Å². The number of nitriles is 1. The molecule has 8 nitrogen and oxygen atoms in total. The predicted molar refractivity (Wildman–Crippen MR) is 157 cm³/mol. The number of fused-ring (bicyclic) bond motifs is 1. The van der Waals surface area contributed by atoms with Crippen LogP contribution in [-0.2, 0) is 4.74 Å².